The van der Waals surface area contributed by atoms with Gasteiger partial charge in [0, 0.05) is 13.7 Å². The zero-order valence-electron chi connectivity index (χ0n) is 7.04. The molecule has 0 aromatic rings. The standard InChI is InChI=1S/C7H13N3O2/c1-12-5-6(9)7(11)10-4-2-3-8/h6H,2,4-5,9H2,1H3,(H,10,11). The number of nitrogens with zero attached hydrogens (tertiary/aromatic N) is 1. The summed E-state index contributed by atoms with van der Waals surface area (Å²) in [5.41, 5.74) is 5.39. The molecule has 5 heteroatoms. The van der Waals surface area contributed by atoms with Crippen molar-refractivity contribution in [2.45, 2.75) is 12.5 Å². The fourth-order valence-corrected chi connectivity index (χ4v) is 0.628. The monoisotopic (exact) mass is 171 g/mol. The van der Waals surface area contributed by atoms with E-state index in [1.807, 2.05) is 6.07 Å². The molecule has 0 radical (unpaired) electrons. The van der Waals surface area contributed by atoms with Gasteiger partial charge in [0.15, 0.2) is 0 Å². The van der Waals surface area contributed by atoms with E-state index in [4.69, 9.17) is 11.0 Å². The molecule has 0 rings (SSSR count). The SMILES string of the molecule is COCC(N)C(=O)NCCC#N. The number of amides is 1. The van der Waals surface area contributed by atoms with E-state index >= 15 is 0 Å². The quantitative estimate of drug-likeness (QED) is 0.519. The normalized spacial score (nSPS) is 11.8. The predicted octanol–water partition coefficient (Wildman–Crippen LogP) is -1.01. The first-order valence-electron chi connectivity index (χ1n) is 3.61. The van der Waals surface area contributed by atoms with Crippen LogP contribution in [-0.2, 0) is 9.53 Å². The Bertz CT molecular complexity index is 176. The Morgan fingerprint density at radius 1 is 1.83 bits per heavy atom. The van der Waals surface area contributed by atoms with Crippen LogP contribution >= 0.6 is 0 Å². The summed E-state index contributed by atoms with van der Waals surface area (Å²) in [5, 5.41) is 10.7. The van der Waals surface area contributed by atoms with Crippen molar-refractivity contribution in [1.82, 2.24) is 5.32 Å². The summed E-state index contributed by atoms with van der Waals surface area (Å²) < 4.78 is 4.68. The Labute approximate surface area is 71.5 Å². The maximum Gasteiger partial charge on any atom is 0.239 e. The first-order chi connectivity index (χ1) is 5.72. The summed E-state index contributed by atoms with van der Waals surface area (Å²) in [6.45, 7) is 0.533. The van der Waals surface area contributed by atoms with Crippen LogP contribution in [0, 0.1) is 11.3 Å². The molecule has 0 aromatic carbocycles. The van der Waals surface area contributed by atoms with Gasteiger partial charge in [0.25, 0.3) is 0 Å². The molecule has 0 spiro atoms. The van der Waals surface area contributed by atoms with E-state index in [2.05, 4.69) is 10.1 Å². The van der Waals surface area contributed by atoms with Crippen molar-refractivity contribution in [3.05, 3.63) is 0 Å². The minimum atomic E-state index is -0.645. The summed E-state index contributed by atoms with van der Waals surface area (Å²) >= 11 is 0. The van der Waals surface area contributed by atoms with Gasteiger partial charge in [-0.15, -0.1) is 0 Å². The molecule has 0 aliphatic rings. The highest BCUT2D eigenvalue weighted by Crippen LogP contribution is 1.80. The highest BCUT2D eigenvalue weighted by Gasteiger charge is 2.11. The smallest absolute Gasteiger partial charge is 0.239 e. The summed E-state index contributed by atoms with van der Waals surface area (Å²) in [7, 11) is 1.47. The molecule has 0 bridgehead atoms. The highest BCUT2D eigenvalue weighted by molar-refractivity contribution is 5.81. The second kappa shape index (κ2) is 6.58. The zero-order chi connectivity index (χ0) is 9.40. The summed E-state index contributed by atoms with van der Waals surface area (Å²) in [5.74, 6) is -0.285. The Morgan fingerprint density at radius 2 is 2.50 bits per heavy atom. The number of hydrogen-bond acceptors (Lipinski definition) is 4. The van der Waals surface area contributed by atoms with Gasteiger partial charge in [-0.2, -0.15) is 5.26 Å². The van der Waals surface area contributed by atoms with E-state index in [-0.39, 0.29) is 12.5 Å². The van der Waals surface area contributed by atoms with Crippen molar-refractivity contribution >= 4 is 5.91 Å². The van der Waals surface area contributed by atoms with Gasteiger partial charge in [-0.3, -0.25) is 4.79 Å². The topological polar surface area (TPSA) is 88.1 Å². The first kappa shape index (κ1) is 10.9. The highest BCUT2D eigenvalue weighted by atomic mass is 16.5. The van der Waals surface area contributed by atoms with Crippen LogP contribution in [0.3, 0.4) is 0 Å². The average Bonchev–Trinajstić information content (AvgIpc) is 2.05. The molecule has 68 valence electrons. The van der Waals surface area contributed by atoms with Gasteiger partial charge in [-0.05, 0) is 0 Å². The maximum atomic E-state index is 11.0. The van der Waals surface area contributed by atoms with Crippen LogP contribution in [-0.4, -0.2) is 32.2 Å². The molecule has 1 amide bonds. The largest absolute Gasteiger partial charge is 0.383 e. The summed E-state index contributed by atoms with van der Waals surface area (Å²) in [6.07, 6.45) is 0.297. The molecule has 0 fully saturated rings. The number of nitrogens with two attached hydrogens (primary N) is 1. The first-order valence-corrected chi connectivity index (χ1v) is 3.61. The Kier molecular flexibility index (Phi) is 5.97. The number of carbonyl (C=O) groups excluding carboxylic acids is 1. The molecule has 0 saturated heterocycles. The van der Waals surface area contributed by atoms with Crippen molar-refractivity contribution < 1.29 is 9.53 Å². The Balaban J connectivity index is 3.51. The maximum absolute atomic E-state index is 11.0. The summed E-state index contributed by atoms with van der Waals surface area (Å²) in [4.78, 5) is 11.0. The lowest BCUT2D eigenvalue weighted by molar-refractivity contribution is -0.123. The van der Waals surface area contributed by atoms with Crippen molar-refractivity contribution in [2.75, 3.05) is 20.3 Å². The van der Waals surface area contributed by atoms with Crippen LogP contribution in [0.25, 0.3) is 0 Å². The number of rotatable bonds is 5. The minimum Gasteiger partial charge on any atom is -0.383 e. The Hall–Kier alpha value is -1.12. The molecule has 0 aliphatic carbocycles. The zero-order valence-corrected chi connectivity index (χ0v) is 7.04. The van der Waals surface area contributed by atoms with E-state index < -0.39 is 6.04 Å². The van der Waals surface area contributed by atoms with Gasteiger partial charge in [0.1, 0.15) is 6.04 Å². The molecular weight excluding hydrogens is 158 g/mol. The van der Waals surface area contributed by atoms with Crippen LogP contribution in [0.2, 0.25) is 0 Å². The van der Waals surface area contributed by atoms with Gasteiger partial charge >= 0.3 is 0 Å². The van der Waals surface area contributed by atoms with Crippen molar-refractivity contribution in [3.8, 4) is 6.07 Å². The predicted molar refractivity (Wildman–Crippen MR) is 43.1 cm³/mol. The number of carbonyl (C=O) groups is 1. The molecule has 0 aromatic heterocycles. The van der Waals surface area contributed by atoms with E-state index in [0.717, 1.165) is 0 Å². The van der Waals surface area contributed by atoms with E-state index in [9.17, 15) is 4.79 Å². The minimum absolute atomic E-state index is 0.193. The van der Waals surface area contributed by atoms with E-state index in [1.54, 1.807) is 0 Å². The Morgan fingerprint density at radius 3 is 3.00 bits per heavy atom. The van der Waals surface area contributed by atoms with Gasteiger partial charge < -0.3 is 15.8 Å². The van der Waals surface area contributed by atoms with Crippen LogP contribution in [0.15, 0.2) is 0 Å². The van der Waals surface area contributed by atoms with Crippen LogP contribution in [0.1, 0.15) is 6.42 Å². The molecule has 1 atom stereocenters. The molecule has 0 aliphatic heterocycles. The number of nitrogens with one attached hydrogen (secondary N) is 1. The lowest BCUT2D eigenvalue weighted by atomic mass is 10.3. The van der Waals surface area contributed by atoms with Crippen LogP contribution in [0.5, 0.6) is 0 Å². The average molecular weight is 171 g/mol. The molecule has 0 saturated carbocycles. The lowest BCUT2D eigenvalue weighted by Crippen LogP contribution is -2.43. The van der Waals surface area contributed by atoms with Crippen molar-refractivity contribution in [1.29, 1.82) is 5.26 Å². The number of nitriles is 1. The fraction of sp³-hybridized carbons (Fsp3) is 0.714. The van der Waals surface area contributed by atoms with Gasteiger partial charge in [-0.1, -0.05) is 0 Å². The molecule has 12 heavy (non-hydrogen) atoms. The van der Waals surface area contributed by atoms with Crippen LogP contribution in [0.4, 0.5) is 0 Å². The van der Waals surface area contributed by atoms with Gasteiger partial charge in [0.2, 0.25) is 5.91 Å². The van der Waals surface area contributed by atoms with Crippen molar-refractivity contribution in [2.24, 2.45) is 5.73 Å². The van der Waals surface area contributed by atoms with Gasteiger partial charge in [-0.25, -0.2) is 0 Å². The fourth-order valence-electron chi connectivity index (χ4n) is 0.628. The summed E-state index contributed by atoms with van der Waals surface area (Å²) in [6, 6.07) is 1.26. The lowest BCUT2D eigenvalue weighted by Gasteiger charge is -2.09. The van der Waals surface area contributed by atoms with Crippen molar-refractivity contribution in [3.63, 3.8) is 0 Å². The number of hydrogen-bond donors (Lipinski definition) is 2. The second-order valence-electron chi connectivity index (χ2n) is 2.26. The van der Waals surface area contributed by atoms with E-state index in [1.165, 1.54) is 7.11 Å². The second-order valence-corrected chi connectivity index (χ2v) is 2.26. The third-order valence-electron chi connectivity index (χ3n) is 1.22. The third kappa shape index (κ3) is 4.66. The third-order valence-corrected chi connectivity index (χ3v) is 1.22. The van der Waals surface area contributed by atoms with Gasteiger partial charge in [0.05, 0.1) is 19.1 Å². The molecule has 0 heterocycles. The van der Waals surface area contributed by atoms with E-state index in [0.29, 0.717) is 13.0 Å². The number of ether oxygens (including phenoxy) is 1. The molecule has 5 nitrogen and oxygen atoms in total. The molecule has 3 N–H and O–H groups in total. The molecule has 1 unspecified atom stereocenters. The van der Waals surface area contributed by atoms with Crippen LogP contribution < -0.4 is 11.1 Å². The molecular formula is C7H13N3O2. The number of methoxy groups -OCH3 is 1.